The molecule has 2 aliphatic heterocycles. The maximum Gasteiger partial charge on any atom is 0.338 e. The molecule has 0 bridgehead atoms. The monoisotopic (exact) mass is 523 g/mol. The van der Waals surface area contributed by atoms with Gasteiger partial charge in [0.2, 0.25) is 0 Å². The van der Waals surface area contributed by atoms with Crippen molar-refractivity contribution in [3.8, 4) is 5.75 Å². The van der Waals surface area contributed by atoms with Crippen LogP contribution >= 0.6 is 0 Å². The predicted molar refractivity (Wildman–Crippen MR) is 142 cm³/mol. The van der Waals surface area contributed by atoms with Crippen molar-refractivity contribution < 1.29 is 24.0 Å². The van der Waals surface area contributed by atoms with Gasteiger partial charge in [0.25, 0.3) is 5.69 Å². The minimum absolute atomic E-state index is 0.0295. The van der Waals surface area contributed by atoms with Gasteiger partial charge in [-0.05, 0) is 50.6 Å². The van der Waals surface area contributed by atoms with Crippen LogP contribution in [0.3, 0.4) is 0 Å². The Kier molecular flexibility index (Phi) is 8.47. The molecule has 11 heteroatoms. The first-order valence-corrected chi connectivity index (χ1v) is 12.7. The number of nitrogens with zero attached hydrogens (tertiary/aromatic N) is 3. The molecule has 0 saturated carbocycles. The first-order valence-electron chi connectivity index (χ1n) is 12.7. The highest BCUT2D eigenvalue weighted by molar-refractivity contribution is 5.95. The lowest BCUT2D eigenvalue weighted by Gasteiger charge is -2.38. The van der Waals surface area contributed by atoms with Gasteiger partial charge < -0.3 is 25.0 Å². The van der Waals surface area contributed by atoms with Crippen LogP contribution < -0.4 is 20.3 Å². The number of piperazine rings is 1. The Morgan fingerprint density at radius 3 is 2.32 bits per heavy atom. The molecule has 0 radical (unpaired) electrons. The van der Waals surface area contributed by atoms with Crippen molar-refractivity contribution in [2.24, 2.45) is 0 Å². The van der Waals surface area contributed by atoms with E-state index in [1.165, 1.54) is 12.1 Å². The first-order chi connectivity index (χ1) is 18.2. The molecule has 202 valence electrons. The largest absolute Gasteiger partial charge is 0.491 e. The summed E-state index contributed by atoms with van der Waals surface area (Å²) in [7, 11) is 0. The highest BCUT2D eigenvalue weighted by atomic mass is 16.6. The van der Waals surface area contributed by atoms with Crippen molar-refractivity contribution in [2.45, 2.75) is 32.9 Å². The molecule has 0 aromatic heterocycles. The van der Waals surface area contributed by atoms with Crippen molar-refractivity contribution in [2.75, 3.05) is 44.2 Å². The average Bonchev–Trinajstić information content (AvgIpc) is 2.89. The number of nitro groups is 1. The van der Waals surface area contributed by atoms with Gasteiger partial charge in [0, 0.05) is 56.2 Å². The third-order valence-corrected chi connectivity index (χ3v) is 6.41. The summed E-state index contributed by atoms with van der Waals surface area (Å²) >= 11 is 0. The van der Waals surface area contributed by atoms with Crippen LogP contribution in [-0.4, -0.2) is 67.3 Å². The maximum absolute atomic E-state index is 13.1. The fourth-order valence-corrected chi connectivity index (χ4v) is 4.63. The highest BCUT2D eigenvalue weighted by Crippen LogP contribution is 2.30. The van der Waals surface area contributed by atoms with Gasteiger partial charge in [-0.2, -0.15) is 0 Å². The van der Waals surface area contributed by atoms with Crippen LogP contribution in [0.5, 0.6) is 5.75 Å². The zero-order chi connectivity index (χ0) is 27.2. The van der Waals surface area contributed by atoms with Crippen molar-refractivity contribution >= 4 is 23.4 Å². The fraction of sp³-hybridized carbons (Fsp3) is 0.407. The van der Waals surface area contributed by atoms with E-state index in [1.54, 1.807) is 19.1 Å². The van der Waals surface area contributed by atoms with Crippen LogP contribution in [0.2, 0.25) is 0 Å². The highest BCUT2D eigenvalue weighted by Gasteiger charge is 2.34. The second kappa shape index (κ2) is 12.0. The Hall–Kier alpha value is -4.12. The third-order valence-electron chi connectivity index (χ3n) is 6.41. The Morgan fingerprint density at radius 2 is 1.74 bits per heavy atom. The van der Waals surface area contributed by atoms with Gasteiger partial charge in [-0.15, -0.1) is 0 Å². The van der Waals surface area contributed by atoms with E-state index in [0.717, 1.165) is 11.3 Å². The summed E-state index contributed by atoms with van der Waals surface area (Å²) in [6.45, 7) is 9.00. The van der Waals surface area contributed by atoms with Gasteiger partial charge in [-0.3, -0.25) is 15.0 Å². The zero-order valence-electron chi connectivity index (χ0n) is 21.8. The van der Waals surface area contributed by atoms with Gasteiger partial charge in [0.15, 0.2) is 0 Å². The van der Waals surface area contributed by atoms with Crippen LogP contribution in [0.4, 0.5) is 16.2 Å². The number of carbonyl (C=O) groups excluding carboxylic acids is 2. The number of ether oxygens (including phenoxy) is 2. The van der Waals surface area contributed by atoms with Crippen LogP contribution in [0.15, 0.2) is 59.8 Å². The molecule has 1 atom stereocenters. The van der Waals surface area contributed by atoms with Gasteiger partial charge in [0.1, 0.15) is 5.75 Å². The molecule has 0 spiro atoms. The predicted octanol–water partition coefficient (Wildman–Crippen LogP) is 3.38. The van der Waals surface area contributed by atoms with E-state index in [9.17, 15) is 19.7 Å². The summed E-state index contributed by atoms with van der Waals surface area (Å²) in [5, 5.41) is 16.6. The smallest absolute Gasteiger partial charge is 0.338 e. The number of nitrogens with one attached hydrogen (secondary N) is 2. The molecule has 11 nitrogen and oxygen atoms in total. The summed E-state index contributed by atoms with van der Waals surface area (Å²) in [6, 6.07) is 12.8. The fourth-order valence-electron chi connectivity index (χ4n) is 4.63. The maximum atomic E-state index is 13.1. The molecular formula is C27H33N5O6. The SMILES string of the molecule is CCOC(=O)C1=C(CN2CCN(c3ccc([N+](=O)[O-])cc3)CC2)NC(=O)N[C@H]1c1ccc(OC(C)C)cc1. The van der Waals surface area contributed by atoms with Crippen molar-refractivity contribution in [3.05, 3.63) is 75.5 Å². The topological polar surface area (TPSA) is 126 Å². The molecule has 1 saturated heterocycles. The Labute approximate surface area is 221 Å². The number of rotatable bonds is 9. The molecule has 38 heavy (non-hydrogen) atoms. The summed E-state index contributed by atoms with van der Waals surface area (Å²) < 4.78 is 11.1. The van der Waals surface area contributed by atoms with E-state index in [1.807, 2.05) is 38.1 Å². The lowest BCUT2D eigenvalue weighted by molar-refractivity contribution is -0.384. The van der Waals surface area contributed by atoms with E-state index in [-0.39, 0.29) is 24.4 Å². The lowest BCUT2D eigenvalue weighted by Crippen LogP contribution is -2.51. The van der Waals surface area contributed by atoms with Crippen molar-refractivity contribution in [1.29, 1.82) is 0 Å². The minimum atomic E-state index is -0.660. The third kappa shape index (κ3) is 6.41. The standard InChI is InChI=1S/C27H33N5O6/c1-4-37-26(33)24-23(28-27(34)29-25(24)19-5-11-22(12-6-19)38-18(2)3)17-30-13-15-31(16-14-30)20-7-9-21(10-8-20)32(35)36/h5-12,18,25H,4,13-17H2,1-3H3,(H2,28,29,34)/t25-/m0/s1. The normalized spacial score (nSPS) is 18.2. The molecule has 0 unspecified atom stereocenters. The Balaban J connectivity index is 1.51. The number of urea groups is 1. The molecule has 2 aromatic carbocycles. The summed E-state index contributed by atoms with van der Waals surface area (Å²) in [6.07, 6.45) is 0.0295. The lowest BCUT2D eigenvalue weighted by atomic mass is 9.94. The number of esters is 1. The number of amides is 2. The molecule has 2 amide bonds. The van der Waals surface area contributed by atoms with E-state index in [2.05, 4.69) is 20.4 Å². The van der Waals surface area contributed by atoms with Gasteiger partial charge in [-0.1, -0.05) is 12.1 Å². The van der Waals surface area contributed by atoms with Gasteiger partial charge >= 0.3 is 12.0 Å². The van der Waals surface area contributed by atoms with Crippen molar-refractivity contribution in [3.63, 3.8) is 0 Å². The van der Waals surface area contributed by atoms with E-state index >= 15 is 0 Å². The second-order valence-corrected chi connectivity index (χ2v) is 9.42. The van der Waals surface area contributed by atoms with E-state index < -0.39 is 16.9 Å². The number of nitro benzene ring substituents is 1. The number of non-ortho nitro benzene ring substituents is 1. The number of hydrogen-bond acceptors (Lipinski definition) is 8. The number of hydrogen-bond donors (Lipinski definition) is 2. The quantitative estimate of drug-likeness (QED) is 0.291. The molecule has 1 fully saturated rings. The Bertz CT molecular complexity index is 1190. The minimum Gasteiger partial charge on any atom is -0.491 e. The molecule has 0 aliphatic carbocycles. The molecule has 2 N–H and O–H groups in total. The molecule has 2 heterocycles. The van der Waals surface area contributed by atoms with E-state index in [4.69, 9.17) is 9.47 Å². The number of carbonyl (C=O) groups is 2. The summed E-state index contributed by atoms with van der Waals surface area (Å²) in [5.74, 6) is 0.226. The zero-order valence-corrected chi connectivity index (χ0v) is 21.8. The molecule has 2 aromatic rings. The van der Waals surface area contributed by atoms with Crippen LogP contribution in [0.1, 0.15) is 32.4 Å². The van der Waals surface area contributed by atoms with Gasteiger partial charge in [0.05, 0.1) is 29.2 Å². The number of anilines is 1. The van der Waals surface area contributed by atoms with Crippen LogP contribution in [-0.2, 0) is 9.53 Å². The summed E-state index contributed by atoms with van der Waals surface area (Å²) in [4.78, 5) is 40.6. The van der Waals surface area contributed by atoms with Crippen molar-refractivity contribution in [1.82, 2.24) is 15.5 Å². The van der Waals surface area contributed by atoms with Crippen LogP contribution in [0.25, 0.3) is 0 Å². The number of benzene rings is 2. The average molecular weight is 524 g/mol. The van der Waals surface area contributed by atoms with Crippen LogP contribution in [0, 0.1) is 10.1 Å². The molecular weight excluding hydrogens is 490 g/mol. The second-order valence-electron chi connectivity index (χ2n) is 9.42. The Morgan fingerprint density at radius 1 is 1.08 bits per heavy atom. The van der Waals surface area contributed by atoms with E-state index in [0.29, 0.717) is 49.7 Å². The van der Waals surface area contributed by atoms with Gasteiger partial charge in [-0.25, -0.2) is 9.59 Å². The first kappa shape index (κ1) is 26.9. The summed E-state index contributed by atoms with van der Waals surface area (Å²) in [5.41, 5.74) is 2.62. The molecule has 4 rings (SSSR count). The molecule has 2 aliphatic rings.